The lowest BCUT2D eigenvalue weighted by Gasteiger charge is -2.25. The Morgan fingerprint density at radius 2 is 2.37 bits per heavy atom. The number of thioether (sulfide) groups is 1. The zero-order chi connectivity index (χ0) is 13.7. The van der Waals surface area contributed by atoms with Gasteiger partial charge >= 0.3 is 0 Å². The minimum Gasteiger partial charge on any atom is -0.495 e. The second-order valence-corrected chi connectivity index (χ2v) is 5.70. The number of nitrogen functional groups attached to an aromatic ring is 1. The summed E-state index contributed by atoms with van der Waals surface area (Å²) in [5, 5.41) is 3.37. The van der Waals surface area contributed by atoms with Crippen molar-refractivity contribution >= 4 is 29.0 Å². The van der Waals surface area contributed by atoms with Crippen molar-refractivity contribution < 1.29 is 14.3 Å². The van der Waals surface area contributed by atoms with E-state index >= 15 is 0 Å². The molecule has 1 aliphatic rings. The van der Waals surface area contributed by atoms with E-state index < -0.39 is 0 Å². The summed E-state index contributed by atoms with van der Waals surface area (Å²) in [6.07, 6.45) is 0.471. The summed E-state index contributed by atoms with van der Waals surface area (Å²) in [6, 6.07) is 5.18. The Morgan fingerprint density at radius 1 is 1.58 bits per heavy atom. The fourth-order valence-corrected chi connectivity index (χ4v) is 2.69. The van der Waals surface area contributed by atoms with Crippen LogP contribution in [-0.2, 0) is 9.53 Å². The predicted octanol–water partition coefficient (Wildman–Crippen LogP) is 1.74. The summed E-state index contributed by atoms with van der Waals surface area (Å²) in [5.41, 5.74) is 6.91. The van der Waals surface area contributed by atoms with Gasteiger partial charge in [0.2, 0.25) is 5.91 Å². The van der Waals surface area contributed by atoms with Crippen LogP contribution in [0.25, 0.3) is 0 Å². The molecule has 0 atom stereocenters. The third-order valence-corrected chi connectivity index (χ3v) is 3.97. The Labute approximate surface area is 116 Å². The maximum atomic E-state index is 11.8. The first-order valence-corrected chi connectivity index (χ1v) is 7.16. The summed E-state index contributed by atoms with van der Waals surface area (Å²) in [7, 11) is 1.56. The molecule has 0 aromatic heterocycles. The first-order chi connectivity index (χ1) is 9.19. The van der Waals surface area contributed by atoms with Gasteiger partial charge in [0.15, 0.2) is 0 Å². The van der Waals surface area contributed by atoms with Gasteiger partial charge in [-0.05, 0) is 18.2 Å². The molecule has 0 unspecified atom stereocenters. The molecule has 1 aliphatic heterocycles. The van der Waals surface area contributed by atoms with Gasteiger partial charge < -0.3 is 20.5 Å². The molecule has 0 bridgehead atoms. The number of carbonyl (C=O) groups is 1. The lowest BCUT2D eigenvalue weighted by atomic mass is 10.2. The van der Waals surface area contributed by atoms with Gasteiger partial charge in [0.1, 0.15) is 5.75 Å². The van der Waals surface area contributed by atoms with E-state index in [-0.39, 0.29) is 5.91 Å². The molecule has 1 saturated heterocycles. The standard InChI is InChI=1S/C13H18N2O3S/c1-17-12-3-2-9(14)6-11(12)15-13(16)4-5-19-10-7-18-8-10/h2-3,6,10H,4-5,7-8,14H2,1H3,(H,15,16). The molecule has 0 spiro atoms. The molecule has 0 aliphatic carbocycles. The van der Waals surface area contributed by atoms with E-state index in [4.69, 9.17) is 15.2 Å². The highest BCUT2D eigenvalue weighted by Gasteiger charge is 2.18. The number of rotatable bonds is 6. The van der Waals surface area contributed by atoms with Crippen molar-refractivity contribution in [2.45, 2.75) is 11.7 Å². The molecular weight excluding hydrogens is 264 g/mol. The number of hydrogen-bond acceptors (Lipinski definition) is 5. The molecule has 1 aromatic rings. The Morgan fingerprint density at radius 3 is 3.00 bits per heavy atom. The molecule has 1 heterocycles. The highest BCUT2D eigenvalue weighted by Crippen LogP contribution is 2.27. The molecule has 1 amide bonds. The van der Waals surface area contributed by atoms with Gasteiger partial charge in [-0.2, -0.15) is 11.8 Å². The zero-order valence-electron chi connectivity index (χ0n) is 10.8. The number of hydrogen-bond donors (Lipinski definition) is 2. The molecule has 1 aromatic carbocycles. The van der Waals surface area contributed by atoms with Gasteiger partial charge in [0.25, 0.3) is 0 Å². The number of nitrogens with one attached hydrogen (secondary N) is 1. The Hall–Kier alpha value is -1.40. The van der Waals surface area contributed by atoms with E-state index in [1.807, 2.05) is 0 Å². The number of benzene rings is 1. The molecule has 3 N–H and O–H groups in total. The van der Waals surface area contributed by atoms with Crippen LogP contribution in [0.2, 0.25) is 0 Å². The van der Waals surface area contributed by atoms with Crippen LogP contribution >= 0.6 is 11.8 Å². The summed E-state index contributed by atoms with van der Waals surface area (Å²) in [4.78, 5) is 11.8. The van der Waals surface area contributed by atoms with Crippen LogP contribution in [0.1, 0.15) is 6.42 Å². The van der Waals surface area contributed by atoms with Crippen LogP contribution in [0, 0.1) is 0 Å². The second-order valence-electron chi connectivity index (χ2n) is 4.29. The van der Waals surface area contributed by atoms with Crippen molar-refractivity contribution in [3.05, 3.63) is 18.2 Å². The van der Waals surface area contributed by atoms with Crippen LogP contribution in [0.15, 0.2) is 18.2 Å². The maximum absolute atomic E-state index is 11.8. The van der Waals surface area contributed by atoms with Crippen molar-refractivity contribution in [2.75, 3.05) is 37.1 Å². The van der Waals surface area contributed by atoms with Crippen molar-refractivity contribution in [3.63, 3.8) is 0 Å². The van der Waals surface area contributed by atoms with Gasteiger partial charge in [-0.25, -0.2) is 0 Å². The number of anilines is 2. The van der Waals surface area contributed by atoms with E-state index in [1.54, 1.807) is 37.1 Å². The highest BCUT2D eigenvalue weighted by atomic mass is 32.2. The topological polar surface area (TPSA) is 73.6 Å². The van der Waals surface area contributed by atoms with Gasteiger partial charge in [0, 0.05) is 17.9 Å². The largest absolute Gasteiger partial charge is 0.495 e. The Balaban J connectivity index is 1.81. The number of nitrogens with two attached hydrogens (primary N) is 1. The fourth-order valence-electron chi connectivity index (χ4n) is 1.66. The van der Waals surface area contributed by atoms with Gasteiger partial charge in [0.05, 0.1) is 31.3 Å². The lowest BCUT2D eigenvalue weighted by Crippen LogP contribution is -2.30. The molecule has 0 radical (unpaired) electrons. The number of ether oxygens (including phenoxy) is 2. The average molecular weight is 282 g/mol. The molecule has 6 heteroatoms. The monoisotopic (exact) mass is 282 g/mol. The third-order valence-electron chi connectivity index (χ3n) is 2.79. The molecule has 0 saturated carbocycles. The second kappa shape index (κ2) is 6.68. The van der Waals surface area contributed by atoms with Crippen molar-refractivity contribution in [1.82, 2.24) is 0 Å². The fraction of sp³-hybridized carbons (Fsp3) is 0.462. The Bertz CT molecular complexity index is 450. The van der Waals surface area contributed by atoms with E-state index in [9.17, 15) is 4.79 Å². The minimum atomic E-state index is -0.0309. The first kappa shape index (κ1) is 14.0. The number of methoxy groups -OCH3 is 1. The van der Waals surface area contributed by atoms with Crippen LogP contribution in [0.4, 0.5) is 11.4 Å². The van der Waals surface area contributed by atoms with Crippen molar-refractivity contribution in [2.24, 2.45) is 0 Å². The average Bonchev–Trinajstić information content (AvgIpc) is 2.32. The SMILES string of the molecule is COc1ccc(N)cc1NC(=O)CCSC1COC1. The first-order valence-electron chi connectivity index (χ1n) is 6.11. The highest BCUT2D eigenvalue weighted by molar-refractivity contribution is 8.00. The van der Waals surface area contributed by atoms with Crippen molar-refractivity contribution in [3.8, 4) is 5.75 Å². The molecule has 19 heavy (non-hydrogen) atoms. The summed E-state index contributed by atoms with van der Waals surface area (Å²) >= 11 is 1.77. The van der Waals surface area contributed by atoms with Crippen LogP contribution in [-0.4, -0.2) is 37.2 Å². The number of carbonyl (C=O) groups excluding carboxylic acids is 1. The molecule has 5 nitrogen and oxygen atoms in total. The van der Waals surface area contributed by atoms with Crippen LogP contribution < -0.4 is 15.8 Å². The van der Waals surface area contributed by atoms with Gasteiger partial charge in [-0.3, -0.25) is 4.79 Å². The smallest absolute Gasteiger partial charge is 0.225 e. The van der Waals surface area contributed by atoms with E-state index in [2.05, 4.69) is 5.32 Å². The Kier molecular flexibility index (Phi) is 4.93. The minimum absolute atomic E-state index is 0.0309. The van der Waals surface area contributed by atoms with Gasteiger partial charge in [-0.1, -0.05) is 0 Å². The van der Waals surface area contributed by atoms with Crippen molar-refractivity contribution in [1.29, 1.82) is 0 Å². The van der Waals surface area contributed by atoms with Gasteiger partial charge in [-0.15, -0.1) is 0 Å². The predicted molar refractivity (Wildman–Crippen MR) is 77.7 cm³/mol. The van der Waals surface area contributed by atoms with Crippen LogP contribution in [0.5, 0.6) is 5.75 Å². The summed E-state index contributed by atoms with van der Waals surface area (Å²) in [5.74, 6) is 1.38. The quantitative estimate of drug-likeness (QED) is 0.777. The van der Waals surface area contributed by atoms with E-state index in [0.29, 0.717) is 28.8 Å². The van der Waals surface area contributed by atoms with E-state index in [1.165, 1.54) is 0 Å². The molecule has 1 fully saturated rings. The third kappa shape index (κ3) is 4.04. The zero-order valence-corrected chi connectivity index (χ0v) is 11.7. The molecule has 2 rings (SSSR count). The summed E-state index contributed by atoms with van der Waals surface area (Å²) < 4.78 is 10.3. The number of amides is 1. The maximum Gasteiger partial charge on any atom is 0.225 e. The molecule has 104 valence electrons. The van der Waals surface area contributed by atoms with E-state index in [0.717, 1.165) is 19.0 Å². The lowest BCUT2D eigenvalue weighted by molar-refractivity contribution is -0.115. The normalized spacial score (nSPS) is 14.8. The molecular formula is C13H18N2O3S. The summed E-state index contributed by atoms with van der Waals surface area (Å²) in [6.45, 7) is 1.60. The van der Waals surface area contributed by atoms with Crippen LogP contribution in [0.3, 0.4) is 0 Å².